The van der Waals surface area contributed by atoms with Gasteiger partial charge in [-0.3, -0.25) is 9.59 Å². The second-order valence-corrected chi connectivity index (χ2v) is 8.39. The lowest BCUT2D eigenvalue weighted by Crippen LogP contribution is -2.15. The molecule has 1 heterocycles. The van der Waals surface area contributed by atoms with Gasteiger partial charge in [-0.25, -0.2) is 0 Å². The van der Waals surface area contributed by atoms with Crippen molar-refractivity contribution in [3.05, 3.63) is 65.2 Å². The highest BCUT2D eigenvalue weighted by atomic mass is 16.3. The first-order valence-corrected chi connectivity index (χ1v) is 10.0. The third-order valence-electron chi connectivity index (χ3n) is 5.86. The van der Waals surface area contributed by atoms with Crippen molar-refractivity contribution >= 4 is 39.8 Å². The Hall–Kier alpha value is -3.64. The second kappa shape index (κ2) is 7.25. The van der Waals surface area contributed by atoms with E-state index >= 15 is 0 Å². The van der Waals surface area contributed by atoms with Crippen LogP contribution >= 0.6 is 0 Å². The van der Waals surface area contributed by atoms with E-state index in [0.29, 0.717) is 11.1 Å². The van der Waals surface area contributed by atoms with Crippen LogP contribution < -0.4 is 10.6 Å². The maximum atomic E-state index is 12.1. The zero-order chi connectivity index (χ0) is 22.5. The molecule has 1 aromatic heterocycles. The van der Waals surface area contributed by atoms with Crippen molar-refractivity contribution in [1.82, 2.24) is 4.98 Å². The second-order valence-electron chi connectivity index (χ2n) is 8.39. The molecular formula is C25H25N3O3. The zero-order valence-electron chi connectivity index (χ0n) is 18.0. The quantitative estimate of drug-likeness (QED) is 0.426. The van der Waals surface area contributed by atoms with Crippen molar-refractivity contribution in [1.29, 1.82) is 0 Å². The molecule has 0 aliphatic carbocycles. The molecule has 0 aliphatic rings. The molecule has 0 aliphatic heterocycles. The molecule has 6 heteroatoms. The Morgan fingerprint density at radius 1 is 1.13 bits per heavy atom. The molecule has 2 amide bonds. The summed E-state index contributed by atoms with van der Waals surface area (Å²) in [6.45, 7) is 5.44. The predicted molar refractivity (Wildman–Crippen MR) is 124 cm³/mol. The summed E-state index contributed by atoms with van der Waals surface area (Å²) in [5.74, 6) is -0.517. The van der Waals surface area contributed by atoms with Crippen molar-refractivity contribution < 1.29 is 14.7 Å². The van der Waals surface area contributed by atoms with Crippen LogP contribution in [0.1, 0.15) is 35.3 Å². The molecule has 0 atom stereocenters. The minimum Gasteiger partial charge on any atom is -0.386 e. The first-order chi connectivity index (χ1) is 14.6. The van der Waals surface area contributed by atoms with Gasteiger partial charge in [0.25, 0.3) is 5.91 Å². The number of carbonyl (C=O) groups excluding carboxylic acids is 2. The number of hydrogen-bond acceptors (Lipinski definition) is 3. The number of benzene rings is 3. The van der Waals surface area contributed by atoms with E-state index in [1.54, 1.807) is 31.9 Å². The van der Waals surface area contributed by atoms with Gasteiger partial charge in [-0.1, -0.05) is 30.3 Å². The first-order valence-electron chi connectivity index (χ1n) is 10.0. The number of H-pyrrole nitrogens is 1. The Labute approximate surface area is 180 Å². The number of nitrogens with two attached hydrogens (primary N) is 1. The molecule has 31 heavy (non-hydrogen) atoms. The average Bonchev–Trinajstić information content (AvgIpc) is 3.11. The third-order valence-corrected chi connectivity index (χ3v) is 5.86. The lowest BCUT2D eigenvalue weighted by molar-refractivity contribution is -0.107. The fourth-order valence-electron chi connectivity index (χ4n) is 4.18. The number of nitrogens with one attached hydrogen (secondary N) is 1. The number of aromatic amines is 1. The molecule has 3 aromatic carbocycles. The van der Waals surface area contributed by atoms with Crippen LogP contribution in [0.2, 0.25) is 0 Å². The van der Waals surface area contributed by atoms with Crippen LogP contribution in [0.5, 0.6) is 0 Å². The van der Waals surface area contributed by atoms with Gasteiger partial charge in [-0.15, -0.1) is 0 Å². The number of primary amides is 1. The number of hydrogen-bond donors (Lipinski definition) is 3. The number of anilines is 1. The van der Waals surface area contributed by atoms with Crippen LogP contribution in [-0.2, 0) is 10.4 Å². The molecule has 4 aromatic rings. The summed E-state index contributed by atoms with van der Waals surface area (Å²) < 4.78 is 0. The van der Waals surface area contributed by atoms with E-state index in [-0.39, 0.29) is 0 Å². The Morgan fingerprint density at radius 3 is 2.52 bits per heavy atom. The molecule has 4 rings (SSSR count). The van der Waals surface area contributed by atoms with E-state index < -0.39 is 11.5 Å². The highest BCUT2D eigenvalue weighted by Gasteiger charge is 2.21. The smallest absolute Gasteiger partial charge is 0.250 e. The number of rotatable bonds is 5. The number of amides is 2. The molecule has 4 N–H and O–H groups in total. The highest BCUT2D eigenvalue weighted by molar-refractivity contribution is 6.20. The molecule has 0 spiro atoms. The molecule has 0 saturated heterocycles. The molecular weight excluding hydrogens is 390 g/mol. The Balaban J connectivity index is 2.09. The maximum Gasteiger partial charge on any atom is 0.250 e. The van der Waals surface area contributed by atoms with Crippen LogP contribution in [-0.4, -0.2) is 29.5 Å². The lowest BCUT2D eigenvalue weighted by atomic mass is 9.92. The number of carbonyl (C=O) groups is 2. The van der Waals surface area contributed by atoms with Crippen molar-refractivity contribution in [2.75, 3.05) is 11.9 Å². The molecule has 6 nitrogen and oxygen atoms in total. The largest absolute Gasteiger partial charge is 0.386 e. The van der Waals surface area contributed by atoms with Gasteiger partial charge in [0.05, 0.1) is 16.7 Å². The Bertz CT molecular complexity index is 1350. The van der Waals surface area contributed by atoms with E-state index in [1.807, 2.05) is 49.4 Å². The summed E-state index contributed by atoms with van der Waals surface area (Å²) in [7, 11) is 1.72. The molecule has 0 fully saturated rings. The normalized spacial score (nSPS) is 11.8. The van der Waals surface area contributed by atoms with Gasteiger partial charge in [-0.05, 0) is 61.2 Å². The summed E-state index contributed by atoms with van der Waals surface area (Å²) >= 11 is 0. The van der Waals surface area contributed by atoms with Crippen LogP contribution in [0.4, 0.5) is 5.69 Å². The zero-order valence-corrected chi connectivity index (χ0v) is 18.0. The van der Waals surface area contributed by atoms with E-state index in [2.05, 4.69) is 4.98 Å². The van der Waals surface area contributed by atoms with Crippen molar-refractivity contribution in [2.45, 2.75) is 26.4 Å². The summed E-state index contributed by atoms with van der Waals surface area (Å²) in [6, 6.07) is 15.2. The number of aromatic nitrogens is 1. The Kier molecular flexibility index (Phi) is 4.82. The minimum absolute atomic E-state index is 0.401. The van der Waals surface area contributed by atoms with E-state index in [9.17, 15) is 14.7 Å². The van der Waals surface area contributed by atoms with E-state index in [1.165, 1.54) is 0 Å². The highest BCUT2D eigenvalue weighted by Crippen LogP contribution is 2.40. The van der Waals surface area contributed by atoms with Crippen molar-refractivity contribution in [3.8, 4) is 11.1 Å². The average molecular weight is 415 g/mol. The molecule has 0 saturated carbocycles. The van der Waals surface area contributed by atoms with Gasteiger partial charge in [0.15, 0.2) is 0 Å². The number of aliphatic hydroxyl groups is 1. The number of nitrogens with zero attached hydrogens (tertiary/aromatic N) is 1. The monoisotopic (exact) mass is 415 g/mol. The van der Waals surface area contributed by atoms with Gasteiger partial charge < -0.3 is 20.7 Å². The van der Waals surface area contributed by atoms with E-state index in [4.69, 9.17) is 5.73 Å². The van der Waals surface area contributed by atoms with Crippen molar-refractivity contribution in [3.63, 3.8) is 0 Å². The predicted octanol–water partition coefficient (Wildman–Crippen LogP) is 4.22. The van der Waals surface area contributed by atoms with E-state index in [0.717, 1.165) is 50.6 Å². The van der Waals surface area contributed by atoms with Crippen molar-refractivity contribution in [2.24, 2.45) is 5.73 Å². The van der Waals surface area contributed by atoms with Gasteiger partial charge >= 0.3 is 0 Å². The van der Waals surface area contributed by atoms with Gasteiger partial charge in [-0.2, -0.15) is 0 Å². The maximum absolute atomic E-state index is 12.1. The fraction of sp³-hybridized carbons (Fsp3) is 0.200. The minimum atomic E-state index is -0.995. The topological polar surface area (TPSA) is 99.4 Å². The lowest BCUT2D eigenvalue weighted by Gasteiger charge is -2.18. The number of fused-ring (bicyclic) bond motifs is 3. The van der Waals surface area contributed by atoms with Crippen LogP contribution in [0.3, 0.4) is 0 Å². The third kappa shape index (κ3) is 3.35. The molecule has 0 bridgehead atoms. The van der Waals surface area contributed by atoms with Gasteiger partial charge in [0.1, 0.15) is 0 Å². The molecule has 158 valence electrons. The Morgan fingerprint density at radius 2 is 1.87 bits per heavy atom. The van der Waals surface area contributed by atoms with Gasteiger partial charge in [0, 0.05) is 29.0 Å². The van der Waals surface area contributed by atoms with Crippen LogP contribution in [0, 0.1) is 6.92 Å². The fourth-order valence-corrected chi connectivity index (χ4v) is 4.18. The standard InChI is InChI=1S/C25H25N3O3/c1-14-16(6-5-7-21(14)28(4)13-29)17-10-11-19(24(26)30)23-22(17)18-9-8-15(25(2,3)31)12-20(18)27-23/h5-13,27,31H,1-4H3,(H2,26,30). The molecule has 0 radical (unpaired) electrons. The van der Waals surface area contributed by atoms with Crippen LogP contribution in [0.15, 0.2) is 48.5 Å². The van der Waals surface area contributed by atoms with Crippen LogP contribution in [0.25, 0.3) is 32.9 Å². The summed E-state index contributed by atoms with van der Waals surface area (Å²) in [6.07, 6.45) is 0.780. The SMILES string of the molecule is Cc1c(-c2ccc(C(N)=O)c3[nH]c4cc(C(C)(C)O)ccc4c23)cccc1N(C)C=O. The van der Waals surface area contributed by atoms with Gasteiger partial charge in [0.2, 0.25) is 6.41 Å². The summed E-state index contributed by atoms with van der Waals surface area (Å²) in [4.78, 5) is 28.3. The molecule has 0 unspecified atom stereocenters. The summed E-state index contributed by atoms with van der Waals surface area (Å²) in [5.41, 5.74) is 10.9. The summed E-state index contributed by atoms with van der Waals surface area (Å²) in [5, 5.41) is 12.2. The first kappa shape index (κ1) is 20.6.